The van der Waals surface area contributed by atoms with Crippen molar-refractivity contribution >= 4 is 0 Å². The summed E-state index contributed by atoms with van der Waals surface area (Å²) in [4.78, 5) is 0. The third-order valence-electron chi connectivity index (χ3n) is 1.72. The third-order valence-corrected chi connectivity index (χ3v) is 1.72. The average Bonchev–Trinajstić information content (AvgIpc) is 2.25. The normalized spacial score (nSPS) is 13.5. The smallest absolute Gasteiger partial charge is 0.206 e. The molecule has 0 heterocycles. The number of rotatable bonds is 3. The van der Waals surface area contributed by atoms with E-state index in [2.05, 4.69) is 0 Å². The van der Waals surface area contributed by atoms with Crippen molar-refractivity contribution in [1.82, 2.24) is 0 Å². The van der Waals surface area contributed by atoms with Crippen molar-refractivity contribution < 1.29 is 57.1 Å². The van der Waals surface area contributed by atoms with Gasteiger partial charge >= 0.3 is 30.6 Å². The van der Waals surface area contributed by atoms with Crippen molar-refractivity contribution in [1.29, 1.82) is 0 Å². The molecule has 0 radical (unpaired) electrons. The Kier molecular flexibility index (Phi) is 7.03. The zero-order chi connectivity index (χ0) is 18.7. The number of allylic oxidation sites excluding steroid dienone is 2. The lowest BCUT2D eigenvalue weighted by atomic mass is 10.1. The van der Waals surface area contributed by atoms with Gasteiger partial charge in [-0.2, -0.15) is 43.9 Å². The Labute approximate surface area is 113 Å². The van der Waals surface area contributed by atoms with Crippen LogP contribution < -0.4 is 0 Å². The zero-order valence-electron chi connectivity index (χ0n) is 9.91. The summed E-state index contributed by atoms with van der Waals surface area (Å²) in [5.41, 5.74) is -2.68. The van der Waals surface area contributed by atoms with Crippen molar-refractivity contribution in [2.45, 2.75) is 30.6 Å². The Morgan fingerprint density at radius 1 is 0.682 bits per heavy atom. The van der Waals surface area contributed by atoms with Crippen molar-refractivity contribution in [3.05, 3.63) is 24.6 Å². The van der Waals surface area contributed by atoms with Crippen LogP contribution in [0.4, 0.5) is 57.1 Å². The Balaban J connectivity index is 0. The quantitative estimate of drug-likeness (QED) is 0.449. The van der Waals surface area contributed by atoms with Crippen LogP contribution in [0.1, 0.15) is 0 Å². The monoisotopic (exact) mass is 360 g/mol. The van der Waals surface area contributed by atoms with E-state index in [1.165, 1.54) is 0 Å². The highest BCUT2D eigenvalue weighted by molar-refractivity contribution is 5.09. The van der Waals surface area contributed by atoms with Gasteiger partial charge < -0.3 is 0 Å². The Morgan fingerprint density at radius 3 is 1.00 bits per heavy atom. The second kappa shape index (κ2) is 6.77. The van der Waals surface area contributed by atoms with E-state index >= 15 is 0 Å². The van der Waals surface area contributed by atoms with Crippen LogP contribution in [0.2, 0.25) is 0 Å². The molecular formula is C9H5F13. The predicted molar refractivity (Wildman–Crippen MR) is 47.4 cm³/mol. The predicted octanol–water partition coefficient (Wildman–Crippen LogP) is 5.67. The lowest BCUT2D eigenvalue weighted by molar-refractivity contribution is -0.252. The second-order valence-electron chi connectivity index (χ2n) is 3.38. The maximum Gasteiger partial charge on any atom is 0.420 e. The summed E-state index contributed by atoms with van der Waals surface area (Å²) in [6, 6.07) is 0. The number of alkyl halides is 12. The van der Waals surface area contributed by atoms with E-state index in [1.807, 2.05) is 13.2 Å². The molecule has 0 atom stereocenters. The van der Waals surface area contributed by atoms with Gasteiger partial charge in [0.15, 0.2) is 5.83 Å². The molecule has 0 aliphatic heterocycles. The highest BCUT2D eigenvalue weighted by Gasteiger charge is 2.65. The zero-order valence-corrected chi connectivity index (χ0v) is 9.91. The molecule has 0 saturated carbocycles. The van der Waals surface area contributed by atoms with Crippen LogP contribution in [0.25, 0.3) is 0 Å². The van der Waals surface area contributed by atoms with Crippen molar-refractivity contribution in [3.8, 4) is 0 Å². The number of halogens is 13. The summed E-state index contributed by atoms with van der Waals surface area (Å²) in [5, 5.41) is 0. The molecular weight excluding hydrogens is 355 g/mol. The van der Waals surface area contributed by atoms with E-state index in [4.69, 9.17) is 0 Å². The van der Waals surface area contributed by atoms with Gasteiger partial charge in [-0.15, -0.1) is 0 Å². The average molecular weight is 360 g/mol. The lowest BCUT2D eigenvalue weighted by Crippen LogP contribution is -2.46. The first-order valence-electron chi connectivity index (χ1n) is 4.51. The van der Waals surface area contributed by atoms with Crippen LogP contribution in [0.5, 0.6) is 0 Å². The Bertz CT molecular complexity index is 381. The fourth-order valence-electron chi connectivity index (χ4n) is 0.479. The summed E-state index contributed by atoms with van der Waals surface area (Å²) < 4.78 is 148. The first kappa shape index (κ1) is 22.8. The molecule has 0 aromatic carbocycles. The fourth-order valence-corrected chi connectivity index (χ4v) is 0.479. The molecule has 0 saturated heterocycles. The molecule has 0 rings (SSSR count). The second-order valence-corrected chi connectivity index (χ2v) is 3.38. The molecule has 0 spiro atoms. The molecule has 0 aromatic rings. The van der Waals surface area contributed by atoms with Crippen LogP contribution >= 0.6 is 0 Å². The first-order chi connectivity index (χ1) is 9.29. The summed E-state index contributed by atoms with van der Waals surface area (Å²) in [6.07, 6.45) is -15.4. The van der Waals surface area contributed by atoms with Gasteiger partial charge in [0.1, 0.15) is 5.57 Å². The summed E-state index contributed by atoms with van der Waals surface area (Å²) in [7, 11) is 0. The van der Waals surface area contributed by atoms with Crippen molar-refractivity contribution in [2.24, 2.45) is 0 Å². The largest absolute Gasteiger partial charge is 0.420 e. The maximum atomic E-state index is 11.9. The molecule has 0 aromatic heterocycles. The fraction of sp³-hybridized carbons (Fsp3) is 0.556. The summed E-state index contributed by atoms with van der Waals surface area (Å²) in [5.74, 6) is -14.0. The molecule has 0 bridgehead atoms. The summed E-state index contributed by atoms with van der Waals surface area (Å²) in [6.45, 7) is 3.69. The van der Waals surface area contributed by atoms with Gasteiger partial charge in [-0.3, -0.25) is 0 Å². The van der Waals surface area contributed by atoms with Gasteiger partial charge in [0.2, 0.25) is 0 Å². The van der Waals surface area contributed by atoms with E-state index in [0.29, 0.717) is 0 Å². The van der Waals surface area contributed by atoms with Crippen LogP contribution in [-0.2, 0) is 0 Å². The van der Waals surface area contributed by atoms with E-state index in [1.54, 1.807) is 0 Å². The van der Waals surface area contributed by atoms with Gasteiger partial charge in [-0.25, -0.2) is 13.2 Å². The molecule has 0 nitrogen and oxygen atoms in total. The van der Waals surface area contributed by atoms with E-state index in [-0.39, 0.29) is 0 Å². The molecule has 0 N–H and O–H groups in total. The lowest BCUT2D eigenvalue weighted by Gasteiger charge is -2.23. The third kappa shape index (κ3) is 5.75. The first-order valence-corrected chi connectivity index (χ1v) is 4.51. The summed E-state index contributed by atoms with van der Waals surface area (Å²) >= 11 is 0. The highest BCUT2D eigenvalue weighted by atomic mass is 19.4. The Hall–Kier alpha value is -1.43. The molecule has 0 fully saturated rings. The molecule has 0 unspecified atom stereocenters. The maximum absolute atomic E-state index is 11.9. The van der Waals surface area contributed by atoms with E-state index in [9.17, 15) is 57.1 Å². The Morgan fingerprint density at radius 2 is 0.955 bits per heavy atom. The van der Waals surface area contributed by atoms with Gasteiger partial charge in [-0.05, 0) is 0 Å². The van der Waals surface area contributed by atoms with Crippen molar-refractivity contribution in [2.75, 3.05) is 0 Å². The minimum absolute atomic E-state index is 1.85. The number of hydrogen-bond acceptors (Lipinski definition) is 0. The van der Waals surface area contributed by atoms with E-state index < -0.39 is 42.0 Å². The SMILES string of the molecule is C=C(C(F)(F)F)C(F)(F)F.C=C(F)C(F)(F)C(F)(F)C(F)F. The van der Waals surface area contributed by atoms with E-state index in [0.717, 1.165) is 0 Å². The molecule has 0 aliphatic carbocycles. The molecule has 132 valence electrons. The van der Waals surface area contributed by atoms with Crippen molar-refractivity contribution in [3.63, 3.8) is 0 Å². The van der Waals surface area contributed by atoms with Gasteiger partial charge in [0.25, 0.3) is 0 Å². The van der Waals surface area contributed by atoms with Crippen LogP contribution in [0.3, 0.4) is 0 Å². The minimum atomic E-state index is -5.72. The van der Waals surface area contributed by atoms with Gasteiger partial charge in [-0.1, -0.05) is 13.2 Å². The van der Waals surface area contributed by atoms with Gasteiger partial charge in [0.05, 0.1) is 0 Å². The topological polar surface area (TPSA) is 0 Å². The number of hydrogen-bond donors (Lipinski definition) is 0. The molecule has 13 heteroatoms. The van der Waals surface area contributed by atoms with Crippen LogP contribution in [0.15, 0.2) is 24.6 Å². The standard InChI is InChI=1S/C5H3F7.C4H2F6/c1-2(6)4(9,10)5(11,12)3(7)8;1-2(3(5,6)7)4(8,9)10/h3H,1H2;1H2. The van der Waals surface area contributed by atoms with Gasteiger partial charge in [0, 0.05) is 0 Å². The molecule has 0 amide bonds. The van der Waals surface area contributed by atoms with Crippen LogP contribution in [-0.4, -0.2) is 30.6 Å². The van der Waals surface area contributed by atoms with Crippen LogP contribution in [0, 0.1) is 0 Å². The molecule has 0 aliphatic rings. The minimum Gasteiger partial charge on any atom is -0.206 e. The highest BCUT2D eigenvalue weighted by Crippen LogP contribution is 2.43. The molecule has 22 heavy (non-hydrogen) atoms.